The average molecular weight is 447 g/mol. The first-order valence-corrected chi connectivity index (χ1v) is 10.2. The number of para-hydroxylation sites is 1. The third-order valence-corrected chi connectivity index (χ3v) is 6.11. The highest BCUT2D eigenvalue weighted by molar-refractivity contribution is 6.35. The maximum absolute atomic E-state index is 13.2. The standard InChI is InChI=1S/C21H23F2N5O4/c22-21(23)10-20(11-21,19(24)32)12-25-16(29)18(31)28-7-5-27(6-8-28)17(30)15-9-13-3-1-2-4-14(13)26-15/h1-4,9,26H,5-8,10-12H2,(H2,24,32)(H,25,29). The summed E-state index contributed by atoms with van der Waals surface area (Å²) in [5, 5.41) is 3.18. The van der Waals surface area contributed by atoms with Crippen molar-refractivity contribution in [2.75, 3.05) is 32.7 Å². The van der Waals surface area contributed by atoms with Gasteiger partial charge in [0.25, 0.3) is 5.91 Å². The smallest absolute Gasteiger partial charge is 0.312 e. The van der Waals surface area contributed by atoms with E-state index < -0.39 is 48.4 Å². The fourth-order valence-corrected chi connectivity index (χ4v) is 4.26. The first kappa shape index (κ1) is 21.7. The number of hydrogen-bond acceptors (Lipinski definition) is 4. The zero-order valence-corrected chi connectivity index (χ0v) is 17.2. The van der Waals surface area contributed by atoms with Gasteiger partial charge in [-0.25, -0.2) is 8.78 Å². The van der Waals surface area contributed by atoms with Crippen LogP contribution in [0, 0.1) is 5.41 Å². The van der Waals surface area contributed by atoms with Crippen LogP contribution in [0.1, 0.15) is 23.3 Å². The SMILES string of the molecule is NC(=O)C1(CNC(=O)C(=O)N2CCN(C(=O)c3cc4ccccc4[nH]3)CC2)CC(F)(F)C1. The molecule has 1 aromatic carbocycles. The zero-order valence-electron chi connectivity index (χ0n) is 17.2. The Morgan fingerprint density at radius 1 is 1.03 bits per heavy atom. The third-order valence-electron chi connectivity index (χ3n) is 6.11. The summed E-state index contributed by atoms with van der Waals surface area (Å²) in [7, 11) is 0. The van der Waals surface area contributed by atoms with Crippen LogP contribution in [0.25, 0.3) is 10.9 Å². The Hall–Kier alpha value is -3.50. The molecule has 0 bridgehead atoms. The predicted octanol–water partition coefficient (Wildman–Crippen LogP) is 0.469. The Bertz CT molecular complexity index is 1050. The number of aromatic amines is 1. The van der Waals surface area contributed by atoms with Crippen molar-refractivity contribution in [3.8, 4) is 0 Å². The van der Waals surface area contributed by atoms with Gasteiger partial charge in [0.05, 0.1) is 5.41 Å². The molecule has 0 unspecified atom stereocenters. The summed E-state index contributed by atoms with van der Waals surface area (Å²) in [4.78, 5) is 54.9. The molecule has 0 radical (unpaired) electrons. The van der Waals surface area contributed by atoms with Crippen LogP contribution in [0.4, 0.5) is 8.78 Å². The first-order valence-electron chi connectivity index (χ1n) is 10.2. The summed E-state index contributed by atoms with van der Waals surface area (Å²) in [6, 6.07) is 9.27. The molecule has 9 nitrogen and oxygen atoms in total. The van der Waals surface area contributed by atoms with Gasteiger partial charge in [0.15, 0.2) is 0 Å². The largest absolute Gasteiger partial charge is 0.369 e. The van der Waals surface area contributed by atoms with Gasteiger partial charge in [-0.2, -0.15) is 0 Å². The Labute approximate surface area is 181 Å². The molecule has 170 valence electrons. The lowest BCUT2D eigenvalue weighted by molar-refractivity contribution is -0.176. The topological polar surface area (TPSA) is 129 Å². The van der Waals surface area contributed by atoms with Gasteiger partial charge in [0.1, 0.15) is 5.69 Å². The van der Waals surface area contributed by atoms with E-state index in [1.165, 1.54) is 4.90 Å². The lowest BCUT2D eigenvalue weighted by atomic mass is 9.65. The highest BCUT2D eigenvalue weighted by Gasteiger charge is 2.60. The number of aromatic nitrogens is 1. The van der Waals surface area contributed by atoms with Crippen LogP contribution < -0.4 is 11.1 Å². The van der Waals surface area contributed by atoms with Gasteiger partial charge in [-0.15, -0.1) is 0 Å². The molecule has 2 heterocycles. The monoisotopic (exact) mass is 447 g/mol. The molecule has 32 heavy (non-hydrogen) atoms. The number of fused-ring (bicyclic) bond motifs is 1. The number of halogens is 2. The summed E-state index contributed by atoms with van der Waals surface area (Å²) in [6.45, 7) is 0.366. The van der Waals surface area contributed by atoms with Crippen molar-refractivity contribution in [1.29, 1.82) is 0 Å². The molecular formula is C21H23F2N5O4. The number of nitrogens with two attached hydrogens (primary N) is 1. The summed E-state index contributed by atoms with van der Waals surface area (Å²) < 4.78 is 26.4. The van der Waals surface area contributed by atoms with E-state index in [0.29, 0.717) is 5.69 Å². The predicted molar refractivity (Wildman–Crippen MR) is 110 cm³/mol. The number of carbonyl (C=O) groups is 4. The number of piperazine rings is 1. The van der Waals surface area contributed by atoms with E-state index in [2.05, 4.69) is 10.3 Å². The van der Waals surface area contributed by atoms with Crippen LogP contribution in [-0.4, -0.2) is 77.1 Å². The molecule has 4 amide bonds. The van der Waals surface area contributed by atoms with E-state index in [4.69, 9.17) is 5.73 Å². The molecule has 1 aliphatic carbocycles. The van der Waals surface area contributed by atoms with Crippen LogP contribution in [0.15, 0.2) is 30.3 Å². The second-order valence-corrected chi connectivity index (χ2v) is 8.39. The zero-order chi connectivity index (χ0) is 23.1. The van der Waals surface area contributed by atoms with E-state index in [-0.39, 0.29) is 32.1 Å². The van der Waals surface area contributed by atoms with Gasteiger partial charge >= 0.3 is 11.8 Å². The van der Waals surface area contributed by atoms with Crippen LogP contribution in [0.3, 0.4) is 0 Å². The number of carbonyl (C=O) groups excluding carboxylic acids is 4. The molecule has 2 aliphatic rings. The van der Waals surface area contributed by atoms with Gasteiger partial charge in [0, 0.05) is 56.5 Å². The third kappa shape index (κ3) is 4.02. The molecule has 1 saturated heterocycles. The summed E-state index contributed by atoms with van der Waals surface area (Å²) in [5.41, 5.74) is 4.97. The number of nitrogens with zero attached hydrogens (tertiary/aromatic N) is 2. The molecular weight excluding hydrogens is 424 g/mol. The fraction of sp³-hybridized carbons (Fsp3) is 0.429. The molecule has 1 aromatic heterocycles. The average Bonchev–Trinajstić information content (AvgIpc) is 3.19. The van der Waals surface area contributed by atoms with Crippen molar-refractivity contribution in [3.63, 3.8) is 0 Å². The van der Waals surface area contributed by atoms with Crippen molar-refractivity contribution in [2.24, 2.45) is 11.1 Å². The van der Waals surface area contributed by atoms with Crippen molar-refractivity contribution in [2.45, 2.75) is 18.8 Å². The highest BCUT2D eigenvalue weighted by atomic mass is 19.3. The normalized spacial score (nSPS) is 19.3. The molecule has 0 atom stereocenters. The number of amides is 4. The Balaban J connectivity index is 1.29. The first-order chi connectivity index (χ1) is 15.1. The van der Waals surface area contributed by atoms with E-state index >= 15 is 0 Å². The summed E-state index contributed by atoms with van der Waals surface area (Å²) >= 11 is 0. The van der Waals surface area contributed by atoms with Crippen molar-refractivity contribution in [3.05, 3.63) is 36.0 Å². The van der Waals surface area contributed by atoms with E-state index in [0.717, 1.165) is 10.9 Å². The van der Waals surface area contributed by atoms with Gasteiger partial charge in [-0.3, -0.25) is 19.2 Å². The minimum Gasteiger partial charge on any atom is -0.369 e. The van der Waals surface area contributed by atoms with E-state index in [1.807, 2.05) is 24.3 Å². The van der Waals surface area contributed by atoms with E-state index in [9.17, 15) is 28.0 Å². The molecule has 4 rings (SSSR count). The van der Waals surface area contributed by atoms with Crippen molar-refractivity contribution in [1.82, 2.24) is 20.1 Å². The second-order valence-electron chi connectivity index (χ2n) is 8.39. The minimum atomic E-state index is -3.00. The number of rotatable bonds is 4. The highest BCUT2D eigenvalue weighted by Crippen LogP contribution is 2.51. The maximum atomic E-state index is 13.2. The molecule has 2 aromatic rings. The van der Waals surface area contributed by atoms with Crippen molar-refractivity contribution < 1.29 is 28.0 Å². The summed E-state index contributed by atoms with van der Waals surface area (Å²) in [5.74, 6) is -5.96. The van der Waals surface area contributed by atoms with Crippen LogP contribution in [0.2, 0.25) is 0 Å². The molecule has 1 saturated carbocycles. The maximum Gasteiger partial charge on any atom is 0.312 e. The summed E-state index contributed by atoms with van der Waals surface area (Å²) in [6.07, 6.45) is -1.50. The molecule has 1 aliphatic heterocycles. The number of nitrogens with one attached hydrogen (secondary N) is 2. The number of H-pyrrole nitrogens is 1. The fourth-order valence-electron chi connectivity index (χ4n) is 4.26. The molecule has 4 N–H and O–H groups in total. The molecule has 0 spiro atoms. The Kier molecular flexibility index (Phi) is 5.35. The number of alkyl halides is 2. The Morgan fingerprint density at radius 3 is 2.25 bits per heavy atom. The van der Waals surface area contributed by atoms with Gasteiger partial charge in [0.2, 0.25) is 11.8 Å². The van der Waals surface area contributed by atoms with Crippen LogP contribution in [0.5, 0.6) is 0 Å². The second kappa shape index (κ2) is 7.88. The molecule has 2 fully saturated rings. The van der Waals surface area contributed by atoms with Gasteiger partial charge < -0.3 is 25.8 Å². The lowest BCUT2D eigenvalue weighted by Gasteiger charge is -2.44. The van der Waals surface area contributed by atoms with Gasteiger partial charge in [-0.1, -0.05) is 18.2 Å². The van der Waals surface area contributed by atoms with Gasteiger partial charge in [-0.05, 0) is 12.1 Å². The van der Waals surface area contributed by atoms with E-state index in [1.54, 1.807) is 11.0 Å². The van der Waals surface area contributed by atoms with Crippen LogP contribution in [-0.2, 0) is 14.4 Å². The molecule has 11 heteroatoms. The van der Waals surface area contributed by atoms with Crippen LogP contribution >= 0.6 is 0 Å². The lowest BCUT2D eigenvalue weighted by Crippen LogP contribution is -2.60. The quantitative estimate of drug-likeness (QED) is 0.589. The minimum absolute atomic E-state index is 0.150. The number of benzene rings is 1. The number of hydrogen-bond donors (Lipinski definition) is 3. The Morgan fingerprint density at radius 2 is 1.66 bits per heavy atom. The number of primary amides is 1. The van der Waals surface area contributed by atoms with Crippen molar-refractivity contribution >= 4 is 34.5 Å².